The Morgan fingerprint density at radius 1 is 1.19 bits per heavy atom. The zero-order valence-electron chi connectivity index (χ0n) is 8.42. The Kier molecular flexibility index (Phi) is 5.88. The van der Waals surface area contributed by atoms with Gasteiger partial charge in [-0.15, -0.1) is 24.8 Å². The number of nitrogens with one attached hydrogen (secondary N) is 1. The highest BCUT2D eigenvalue weighted by atomic mass is 35.5. The van der Waals surface area contributed by atoms with Crippen LogP contribution in [0, 0.1) is 0 Å². The third-order valence-corrected chi connectivity index (χ3v) is 2.01. The zero-order chi connectivity index (χ0) is 9.97. The molecule has 4 nitrogen and oxygen atoms in total. The fourth-order valence-corrected chi connectivity index (χ4v) is 1.32. The van der Waals surface area contributed by atoms with Gasteiger partial charge in [-0.1, -0.05) is 18.2 Å². The van der Waals surface area contributed by atoms with Crippen LogP contribution in [0.15, 0.2) is 41.2 Å². The van der Waals surface area contributed by atoms with Gasteiger partial charge in [-0.05, 0) is 12.1 Å². The molecule has 0 aliphatic carbocycles. The first kappa shape index (κ1) is 14.8. The van der Waals surface area contributed by atoms with Crippen molar-refractivity contribution >= 4 is 24.8 Å². The first-order valence-corrected chi connectivity index (χ1v) is 4.37. The van der Waals surface area contributed by atoms with E-state index in [4.69, 9.17) is 5.73 Å². The quantitative estimate of drug-likeness (QED) is 0.860. The van der Waals surface area contributed by atoms with Gasteiger partial charge in [0.2, 0.25) is 0 Å². The topological polar surface area (TPSA) is 63.8 Å². The van der Waals surface area contributed by atoms with Gasteiger partial charge in [0.05, 0.1) is 11.4 Å². The van der Waals surface area contributed by atoms with Crippen molar-refractivity contribution in [2.24, 2.45) is 5.73 Å². The molecule has 2 rings (SSSR count). The second-order valence-corrected chi connectivity index (χ2v) is 2.99. The monoisotopic (exact) mass is 261 g/mol. The van der Waals surface area contributed by atoms with Gasteiger partial charge in [-0.3, -0.25) is 9.89 Å². The van der Waals surface area contributed by atoms with E-state index in [0.717, 1.165) is 11.4 Å². The number of aromatic amines is 1. The summed E-state index contributed by atoms with van der Waals surface area (Å²) in [4.78, 5) is 11.5. The molecule has 88 valence electrons. The molecular weight excluding hydrogens is 249 g/mol. The van der Waals surface area contributed by atoms with Crippen LogP contribution in [0.1, 0.15) is 5.69 Å². The van der Waals surface area contributed by atoms with Crippen molar-refractivity contribution in [3.05, 3.63) is 52.4 Å². The first-order chi connectivity index (χ1) is 6.81. The van der Waals surface area contributed by atoms with E-state index < -0.39 is 0 Å². The summed E-state index contributed by atoms with van der Waals surface area (Å²) >= 11 is 0. The van der Waals surface area contributed by atoms with Crippen molar-refractivity contribution in [3.8, 4) is 5.69 Å². The molecule has 6 heteroatoms. The number of nitrogens with two attached hydrogens (primary N) is 1. The van der Waals surface area contributed by atoms with E-state index in [1.165, 1.54) is 10.7 Å². The predicted octanol–water partition coefficient (Wildman–Crippen LogP) is 1.47. The van der Waals surface area contributed by atoms with Crippen molar-refractivity contribution in [2.45, 2.75) is 6.54 Å². The van der Waals surface area contributed by atoms with Gasteiger partial charge in [-0.2, -0.15) is 0 Å². The predicted molar refractivity (Wildman–Crippen MR) is 68.8 cm³/mol. The third-order valence-electron chi connectivity index (χ3n) is 2.01. The average Bonchev–Trinajstić information content (AvgIpc) is 2.61. The molecule has 0 bridgehead atoms. The molecule has 0 aliphatic rings. The number of hydrogen-bond donors (Lipinski definition) is 2. The van der Waals surface area contributed by atoms with Crippen molar-refractivity contribution < 1.29 is 0 Å². The van der Waals surface area contributed by atoms with Gasteiger partial charge in [0.25, 0.3) is 5.56 Å². The van der Waals surface area contributed by atoms with Crippen molar-refractivity contribution in [1.29, 1.82) is 0 Å². The molecule has 1 heterocycles. The summed E-state index contributed by atoms with van der Waals surface area (Å²) < 4.78 is 1.47. The van der Waals surface area contributed by atoms with Gasteiger partial charge < -0.3 is 5.73 Å². The Hall–Kier alpha value is -1.23. The number of hydrogen-bond acceptors (Lipinski definition) is 2. The van der Waals surface area contributed by atoms with Gasteiger partial charge in [0, 0.05) is 12.6 Å². The molecule has 0 amide bonds. The summed E-state index contributed by atoms with van der Waals surface area (Å²) in [5, 5.41) is 2.93. The van der Waals surface area contributed by atoms with Crippen LogP contribution in [-0.2, 0) is 6.54 Å². The summed E-state index contributed by atoms with van der Waals surface area (Å²) in [6, 6.07) is 10.9. The van der Waals surface area contributed by atoms with Crippen LogP contribution in [-0.4, -0.2) is 9.78 Å². The van der Waals surface area contributed by atoms with Crippen LogP contribution >= 0.6 is 24.8 Å². The molecule has 0 spiro atoms. The average molecular weight is 262 g/mol. The van der Waals surface area contributed by atoms with Crippen LogP contribution < -0.4 is 11.3 Å². The highest BCUT2D eigenvalue weighted by Gasteiger charge is 2.02. The number of aromatic nitrogens is 2. The van der Waals surface area contributed by atoms with E-state index >= 15 is 0 Å². The van der Waals surface area contributed by atoms with Gasteiger partial charge >= 0.3 is 0 Å². The van der Waals surface area contributed by atoms with Gasteiger partial charge in [-0.25, -0.2) is 4.68 Å². The molecule has 0 radical (unpaired) electrons. The van der Waals surface area contributed by atoms with Crippen LogP contribution in [0.5, 0.6) is 0 Å². The lowest BCUT2D eigenvalue weighted by Gasteiger charge is -1.99. The maximum atomic E-state index is 11.5. The van der Waals surface area contributed by atoms with Crippen molar-refractivity contribution in [3.63, 3.8) is 0 Å². The van der Waals surface area contributed by atoms with Gasteiger partial charge in [0.1, 0.15) is 0 Å². The summed E-state index contributed by atoms with van der Waals surface area (Å²) in [6.45, 7) is 0.342. The summed E-state index contributed by atoms with van der Waals surface area (Å²) in [7, 11) is 0. The molecule has 2 aromatic rings. The minimum absolute atomic E-state index is 0. The summed E-state index contributed by atoms with van der Waals surface area (Å²) in [5.74, 6) is 0. The van der Waals surface area contributed by atoms with Gasteiger partial charge in [0.15, 0.2) is 0 Å². The van der Waals surface area contributed by atoms with E-state index in [1.807, 2.05) is 30.3 Å². The Morgan fingerprint density at radius 3 is 2.31 bits per heavy atom. The molecule has 0 saturated heterocycles. The molecule has 16 heavy (non-hydrogen) atoms. The number of halogens is 2. The highest BCUT2D eigenvalue weighted by molar-refractivity contribution is 5.85. The molecule has 1 aromatic heterocycles. The summed E-state index contributed by atoms with van der Waals surface area (Å²) in [5.41, 5.74) is 6.89. The van der Waals surface area contributed by atoms with Crippen molar-refractivity contribution in [2.75, 3.05) is 0 Å². The van der Waals surface area contributed by atoms with Crippen LogP contribution in [0.4, 0.5) is 0 Å². The highest BCUT2D eigenvalue weighted by Crippen LogP contribution is 2.02. The van der Waals surface area contributed by atoms with E-state index in [2.05, 4.69) is 5.10 Å². The molecule has 1 aromatic carbocycles. The number of benzene rings is 1. The second-order valence-electron chi connectivity index (χ2n) is 2.99. The molecule has 0 aliphatic heterocycles. The molecule has 3 N–H and O–H groups in total. The largest absolute Gasteiger partial charge is 0.325 e. The Balaban J connectivity index is 0.00000112. The van der Waals surface area contributed by atoms with E-state index in [9.17, 15) is 4.79 Å². The maximum Gasteiger partial charge on any atom is 0.271 e. The lowest BCUT2D eigenvalue weighted by Crippen LogP contribution is -2.13. The molecule has 0 saturated carbocycles. The molecule has 0 fully saturated rings. The van der Waals surface area contributed by atoms with Crippen LogP contribution in [0.3, 0.4) is 0 Å². The minimum Gasteiger partial charge on any atom is -0.325 e. The standard InChI is InChI=1S/C10H11N3O.2ClH/c11-7-8-6-10(14)13(12-8)9-4-2-1-3-5-9;;/h1-6,12H,7,11H2;2*1H. The smallest absolute Gasteiger partial charge is 0.271 e. The fourth-order valence-electron chi connectivity index (χ4n) is 1.32. The fraction of sp³-hybridized carbons (Fsp3) is 0.100. The summed E-state index contributed by atoms with van der Waals surface area (Å²) in [6.07, 6.45) is 0. The van der Waals surface area contributed by atoms with Crippen LogP contribution in [0.25, 0.3) is 5.69 Å². The second kappa shape index (κ2) is 6.37. The zero-order valence-corrected chi connectivity index (χ0v) is 10.1. The number of para-hydroxylation sites is 1. The number of H-pyrrole nitrogens is 1. The van der Waals surface area contributed by atoms with Crippen LogP contribution in [0.2, 0.25) is 0 Å². The number of nitrogens with zero attached hydrogens (tertiary/aromatic N) is 1. The SMILES string of the molecule is Cl.Cl.NCc1cc(=O)n(-c2ccccc2)[nH]1. The molecule has 0 atom stereocenters. The van der Waals surface area contributed by atoms with E-state index in [1.54, 1.807) is 0 Å². The lowest BCUT2D eigenvalue weighted by molar-refractivity contribution is 0.813. The Morgan fingerprint density at radius 2 is 1.81 bits per heavy atom. The van der Waals surface area contributed by atoms with E-state index in [0.29, 0.717) is 6.54 Å². The lowest BCUT2D eigenvalue weighted by atomic mass is 10.3. The third kappa shape index (κ3) is 2.88. The van der Waals surface area contributed by atoms with Crippen molar-refractivity contribution in [1.82, 2.24) is 9.78 Å². The normalized spacial score (nSPS) is 9.06. The Bertz CT molecular complexity index is 478. The maximum absolute atomic E-state index is 11.5. The molecule has 0 unspecified atom stereocenters. The first-order valence-electron chi connectivity index (χ1n) is 4.37. The van der Waals surface area contributed by atoms with E-state index in [-0.39, 0.29) is 30.4 Å². The number of rotatable bonds is 2. The molecular formula is C10H13Cl2N3O. The Labute approximate surface area is 105 Å². The minimum atomic E-state index is -0.0864.